The fourth-order valence-corrected chi connectivity index (χ4v) is 3.51. The molecule has 0 atom stereocenters. The van der Waals surface area contributed by atoms with Crippen LogP contribution in [-0.4, -0.2) is 5.78 Å². The van der Waals surface area contributed by atoms with E-state index in [1.165, 1.54) is 0 Å². The zero-order chi connectivity index (χ0) is 13.1. The zero-order valence-corrected chi connectivity index (χ0v) is 13.6. The van der Waals surface area contributed by atoms with Crippen LogP contribution in [0.1, 0.15) is 17.3 Å². The average Bonchev–Trinajstić information content (AvgIpc) is 2.31. The lowest BCUT2D eigenvalue weighted by molar-refractivity contribution is 0.101. The third-order valence-corrected chi connectivity index (χ3v) is 4.84. The second kappa shape index (κ2) is 6.04. The zero-order valence-electron chi connectivity index (χ0n) is 9.61. The van der Waals surface area contributed by atoms with E-state index in [2.05, 4.69) is 44.0 Å². The number of hydrogen-bond donors (Lipinski definition) is 0. The first-order valence-electron chi connectivity index (χ1n) is 5.30. The Hall–Kier alpha value is -0.580. The Morgan fingerprint density at radius 3 is 2.50 bits per heavy atom. The molecule has 0 radical (unpaired) electrons. The van der Waals surface area contributed by atoms with Gasteiger partial charge in [0.1, 0.15) is 0 Å². The van der Waals surface area contributed by atoms with E-state index in [9.17, 15) is 4.79 Å². The van der Waals surface area contributed by atoms with Crippen molar-refractivity contribution >= 4 is 49.4 Å². The molecule has 2 rings (SSSR count). The molecule has 0 saturated heterocycles. The second-order valence-electron chi connectivity index (χ2n) is 3.76. The van der Waals surface area contributed by atoms with Gasteiger partial charge in [-0.1, -0.05) is 39.8 Å². The molecule has 2 aromatic rings. The summed E-state index contributed by atoms with van der Waals surface area (Å²) >= 11 is 8.62. The molecule has 0 amide bonds. The van der Waals surface area contributed by atoms with Gasteiger partial charge in [-0.05, 0) is 53.2 Å². The van der Waals surface area contributed by atoms with Crippen LogP contribution >= 0.6 is 43.6 Å². The van der Waals surface area contributed by atoms with Gasteiger partial charge in [0.25, 0.3) is 0 Å². The summed E-state index contributed by atoms with van der Waals surface area (Å²) in [6.45, 7) is 1.57. The molecule has 0 aliphatic heterocycles. The van der Waals surface area contributed by atoms with Gasteiger partial charge in [-0.15, -0.1) is 0 Å². The number of hydrogen-bond acceptors (Lipinski definition) is 2. The lowest BCUT2D eigenvalue weighted by Crippen LogP contribution is -1.91. The minimum absolute atomic E-state index is 0.0784. The number of Topliss-reactive ketones (excluding diaryl/α,β-unsaturated/α-hetero) is 1. The van der Waals surface area contributed by atoms with Crippen LogP contribution in [0.5, 0.6) is 0 Å². The Kier molecular flexibility index (Phi) is 4.65. The summed E-state index contributed by atoms with van der Waals surface area (Å²) < 4.78 is 2.00. The highest BCUT2D eigenvalue weighted by Gasteiger charge is 2.06. The number of rotatable bonds is 3. The van der Waals surface area contributed by atoms with Crippen LogP contribution in [0.3, 0.4) is 0 Å². The van der Waals surface area contributed by atoms with Gasteiger partial charge in [-0.3, -0.25) is 4.79 Å². The van der Waals surface area contributed by atoms with Gasteiger partial charge in [0.15, 0.2) is 5.78 Å². The van der Waals surface area contributed by atoms with Crippen molar-refractivity contribution in [2.24, 2.45) is 0 Å². The summed E-state index contributed by atoms with van der Waals surface area (Å²) in [6, 6.07) is 13.8. The van der Waals surface area contributed by atoms with Crippen LogP contribution in [0.15, 0.2) is 61.2 Å². The number of benzene rings is 2. The highest BCUT2D eigenvalue weighted by molar-refractivity contribution is 9.10. The van der Waals surface area contributed by atoms with Crippen LogP contribution in [0.25, 0.3) is 0 Å². The molecule has 0 saturated carbocycles. The van der Waals surface area contributed by atoms with Gasteiger partial charge in [-0.2, -0.15) is 0 Å². The van der Waals surface area contributed by atoms with Crippen LogP contribution in [0.2, 0.25) is 0 Å². The molecule has 0 spiro atoms. The second-order valence-corrected chi connectivity index (χ2v) is 6.65. The maximum atomic E-state index is 11.3. The molecular formula is C14H10Br2OS. The highest BCUT2D eigenvalue weighted by Crippen LogP contribution is 2.35. The van der Waals surface area contributed by atoms with Crippen molar-refractivity contribution in [1.29, 1.82) is 0 Å². The predicted octanol–water partition coefficient (Wildman–Crippen LogP) is 5.57. The molecule has 0 heterocycles. The predicted molar refractivity (Wildman–Crippen MR) is 82.4 cm³/mol. The maximum absolute atomic E-state index is 11.3. The normalized spacial score (nSPS) is 10.4. The van der Waals surface area contributed by atoms with Crippen molar-refractivity contribution in [1.82, 2.24) is 0 Å². The van der Waals surface area contributed by atoms with Crippen molar-refractivity contribution in [2.75, 3.05) is 0 Å². The van der Waals surface area contributed by atoms with Gasteiger partial charge in [-0.25, -0.2) is 0 Å². The van der Waals surface area contributed by atoms with Crippen LogP contribution in [0.4, 0.5) is 0 Å². The topological polar surface area (TPSA) is 17.1 Å². The fraction of sp³-hybridized carbons (Fsp3) is 0.0714. The summed E-state index contributed by atoms with van der Waals surface area (Å²) in [4.78, 5) is 13.5. The smallest absolute Gasteiger partial charge is 0.159 e. The molecule has 0 unspecified atom stereocenters. The molecule has 0 bridgehead atoms. The Bertz CT molecular complexity index is 596. The Morgan fingerprint density at radius 2 is 1.89 bits per heavy atom. The summed E-state index contributed by atoms with van der Waals surface area (Å²) in [6.07, 6.45) is 0. The summed E-state index contributed by atoms with van der Waals surface area (Å²) in [5.41, 5.74) is 0.723. The van der Waals surface area contributed by atoms with Gasteiger partial charge in [0, 0.05) is 24.3 Å². The minimum Gasteiger partial charge on any atom is -0.295 e. The maximum Gasteiger partial charge on any atom is 0.159 e. The molecule has 0 fully saturated rings. The van der Waals surface area contributed by atoms with Crippen LogP contribution in [-0.2, 0) is 0 Å². The van der Waals surface area contributed by atoms with E-state index in [4.69, 9.17) is 0 Å². The molecule has 2 aromatic carbocycles. The van der Waals surface area contributed by atoms with Crippen LogP contribution in [0, 0.1) is 0 Å². The SMILES string of the molecule is CC(=O)c1ccc(Sc2cccc(Br)c2)c(Br)c1. The monoisotopic (exact) mass is 384 g/mol. The van der Waals surface area contributed by atoms with E-state index >= 15 is 0 Å². The largest absolute Gasteiger partial charge is 0.295 e. The van der Waals surface area contributed by atoms with E-state index in [0.717, 1.165) is 24.3 Å². The number of carbonyl (C=O) groups is 1. The van der Waals surface area contributed by atoms with Crippen molar-refractivity contribution in [2.45, 2.75) is 16.7 Å². The van der Waals surface area contributed by atoms with E-state index in [0.29, 0.717) is 0 Å². The number of halogens is 2. The Labute approximate surface area is 127 Å². The fourth-order valence-electron chi connectivity index (χ4n) is 1.46. The molecule has 0 aromatic heterocycles. The van der Waals surface area contributed by atoms with Crippen molar-refractivity contribution < 1.29 is 4.79 Å². The van der Waals surface area contributed by atoms with Crippen molar-refractivity contribution in [3.8, 4) is 0 Å². The first-order chi connectivity index (χ1) is 8.56. The molecule has 1 nitrogen and oxygen atoms in total. The van der Waals surface area contributed by atoms with E-state index < -0.39 is 0 Å². The molecule has 18 heavy (non-hydrogen) atoms. The van der Waals surface area contributed by atoms with E-state index in [-0.39, 0.29) is 5.78 Å². The lowest BCUT2D eigenvalue weighted by atomic mass is 10.2. The molecule has 0 N–H and O–H groups in total. The van der Waals surface area contributed by atoms with Gasteiger partial charge in [0.2, 0.25) is 0 Å². The third kappa shape index (κ3) is 3.46. The molecule has 92 valence electrons. The van der Waals surface area contributed by atoms with Crippen LogP contribution < -0.4 is 0 Å². The molecule has 4 heteroatoms. The lowest BCUT2D eigenvalue weighted by Gasteiger charge is -2.06. The summed E-state index contributed by atoms with van der Waals surface area (Å²) in [5, 5.41) is 0. The number of carbonyl (C=O) groups excluding carboxylic acids is 1. The first-order valence-corrected chi connectivity index (χ1v) is 7.70. The number of ketones is 1. The summed E-state index contributed by atoms with van der Waals surface area (Å²) in [5.74, 6) is 0.0784. The molecular weight excluding hydrogens is 376 g/mol. The molecule has 0 aliphatic rings. The van der Waals surface area contributed by atoms with Gasteiger partial charge >= 0.3 is 0 Å². The first kappa shape index (κ1) is 13.8. The van der Waals surface area contributed by atoms with E-state index in [1.807, 2.05) is 30.3 Å². The van der Waals surface area contributed by atoms with E-state index in [1.54, 1.807) is 18.7 Å². The Morgan fingerprint density at radius 1 is 1.11 bits per heavy atom. The standard InChI is InChI=1S/C14H10Br2OS/c1-9(17)10-5-6-14(13(16)7-10)18-12-4-2-3-11(15)8-12/h2-8H,1H3. The quantitative estimate of drug-likeness (QED) is 0.642. The van der Waals surface area contributed by atoms with Gasteiger partial charge in [0.05, 0.1) is 0 Å². The highest BCUT2D eigenvalue weighted by atomic mass is 79.9. The van der Waals surface area contributed by atoms with Crippen molar-refractivity contribution in [3.05, 3.63) is 57.0 Å². The molecule has 0 aliphatic carbocycles. The minimum atomic E-state index is 0.0784. The summed E-state index contributed by atoms with van der Waals surface area (Å²) in [7, 11) is 0. The van der Waals surface area contributed by atoms with Gasteiger partial charge < -0.3 is 0 Å². The van der Waals surface area contributed by atoms with Crippen molar-refractivity contribution in [3.63, 3.8) is 0 Å². The average molecular weight is 386 g/mol. The Balaban J connectivity index is 2.27. The third-order valence-electron chi connectivity index (χ3n) is 2.36.